The molecule has 0 fully saturated rings. The Hall–Kier alpha value is -2.53. The van der Waals surface area contributed by atoms with Crippen LogP contribution in [0.2, 0.25) is 0 Å². The van der Waals surface area contributed by atoms with Crippen LogP contribution in [0.25, 0.3) is 0 Å². The number of amides is 1. The van der Waals surface area contributed by atoms with Crippen LogP contribution in [0.15, 0.2) is 48.5 Å². The van der Waals surface area contributed by atoms with E-state index in [1.807, 2.05) is 49.4 Å². The Kier molecular flexibility index (Phi) is 6.00. The molecule has 0 aromatic heterocycles. The summed E-state index contributed by atoms with van der Waals surface area (Å²) in [5.41, 5.74) is 2.58. The summed E-state index contributed by atoms with van der Waals surface area (Å²) in [5.74, 6) is 0.427. The normalized spacial score (nSPS) is 11.6. The maximum atomic E-state index is 11.3. The van der Waals surface area contributed by atoms with Crippen LogP contribution >= 0.6 is 0 Å². The molecule has 0 aliphatic carbocycles. The number of aliphatic hydroxyl groups excluding tert-OH is 1. The molecule has 3 N–H and O–H groups in total. The third-order valence-electron chi connectivity index (χ3n) is 3.36. The molecule has 23 heavy (non-hydrogen) atoms. The van der Waals surface area contributed by atoms with E-state index in [9.17, 15) is 4.79 Å². The van der Waals surface area contributed by atoms with Gasteiger partial charge in [0.25, 0.3) is 0 Å². The van der Waals surface area contributed by atoms with Crippen molar-refractivity contribution in [3.63, 3.8) is 0 Å². The number of aliphatic hydroxyl groups is 1. The molecule has 1 atom stereocenters. The number of hydrogen-bond donors (Lipinski definition) is 3. The molecule has 5 heteroatoms. The van der Waals surface area contributed by atoms with Crippen molar-refractivity contribution in [3.8, 4) is 5.75 Å². The smallest absolute Gasteiger partial charge is 0.250 e. The molecule has 0 aliphatic rings. The molecule has 2 aromatic carbocycles. The highest BCUT2D eigenvalue weighted by Crippen LogP contribution is 2.28. The number of hydrogen-bond acceptors (Lipinski definition) is 4. The average Bonchev–Trinajstić information content (AvgIpc) is 2.56. The van der Waals surface area contributed by atoms with Crippen LogP contribution in [0.5, 0.6) is 5.75 Å². The number of ether oxygens (including phenoxy) is 1. The van der Waals surface area contributed by atoms with Crippen molar-refractivity contribution in [2.75, 3.05) is 23.8 Å². The molecule has 0 spiro atoms. The number of rotatable bonds is 7. The van der Waals surface area contributed by atoms with Gasteiger partial charge in [-0.3, -0.25) is 4.79 Å². The first-order valence-corrected chi connectivity index (χ1v) is 7.63. The van der Waals surface area contributed by atoms with Gasteiger partial charge in [0, 0.05) is 16.9 Å². The lowest BCUT2D eigenvalue weighted by Crippen LogP contribution is -2.15. The molecule has 122 valence electrons. The van der Waals surface area contributed by atoms with Gasteiger partial charge in [-0.05, 0) is 38.1 Å². The third-order valence-corrected chi connectivity index (χ3v) is 3.36. The number of nitrogens with one attached hydrogen (secondary N) is 2. The highest BCUT2D eigenvalue weighted by Gasteiger charge is 2.11. The molecular weight excluding hydrogens is 292 g/mol. The molecule has 2 rings (SSSR count). The summed E-state index contributed by atoms with van der Waals surface area (Å²) in [7, 11) is 0. The first-order valence-electron chi connectivity index (χ1n) is 7.63. The summed E-state index contributed by atoms with van der Waals surface area (Å²) in [4.78, 5) is 11.3. The number of carbonyl (C=O) groups excluding carboxylic acids is 1. The zero-order valence-electron chi connectivity index (χ0n) is 13.4. The van der Waals surface area contributed by atoms with Gasteiger partial charge in [0.05, 0.1) is 12.6 Å². The van der Waals surface area contributed by atoms with Crippen molar-refractivity contribution in [2.24, 2.45) is 0 Å². The van der Waals surface area contributed by atoms with Crippen LogP contribution in [-0.4, -0.2) is 24.2 Å². The SMILES string of the molecule is CCOc1ccccc1C(C)Nc1cccc(NC(=O)CO)c1. The molecule has 0 saturated heterocycles. The Morgan fingerprint density at radius 3 is 2.65 bits per heavy atom. The van der Waals surface area contributed by atoms with E-state index in [1.54, 1.807) is 6.07 Å². The molecule has 5 nitrogen and oxygen atoms in total. The van der Waals surface area contributed by atoms with E-state index in [1.165, 1.54) is 0 Å². The van der Waals surface area contributed by atoms with Gasteiger partial charge in [-0.2, -0.15) is 0 Å². The Bertz CT molecular complexity index is 658. The lowest BCUT2D eigenvalue weighted by atomic mass is 10.1. The molecule has 0 aliphatic heterocycles. The van der Waals surface area contributed by atoms with E-state index in [-0.39, 0.29) is 6.04 Å². The van der Waals surface area contributed by atoms with Crippen LogP contribution in [0.3, 0.4) is 0 Å². The topological polar surface area (TPSA) is 70.6 Å². The van der Waals surface area contributed by atoms with Gasteiger partial charge in [-0.15, -0.1) is 0 Å². The van der Waals surface area contributed by atoms with Crippen molar-refractivity contribution in [1.82, 2.24) is 0 Å². The van der Waals surface area contributed by atoms with Gasteiger partial charge >= 0.3 is 0 Å². The zero-order valence-corrected chi connectivity index (χ0v) is 13.4. The van der Waals surface area contributed by atoms with Gasteiger partial charge in [-0.25, -0.2) is 0 Å². The minimum atomic E-state index is -0.532. The second kappa shape index (κ2) is 8.19. The Labute approximate surface area is 136 Å². The Morgan fingerprint density at radius 1 is 1.17 bits per heavy atom. The summed E-state index contributed by atoms with van der Waals surface area (Å²) in [6, 6.07) is 15.3. The first kappa shape index (κ1) is 16.8. The van der Waals surface area contributed by atoms with Crippen molar-refractivity contribution in [2.45, 2.75) is 19.9 Å². The second-order valence-electron chi connectivity index (χ2n) is 5.12. The van der Waals surface area contributed by atoms with Gasteiger partial charge in [0.15, 0.2) is 0 Å². The van der Waals surface area contributed by atoms with Gasteiger partial charge < -0.3 is 20.5 Å². The highest BCUT2D eigenvalue weighted by molar-refractivity contribution is 5.91. The Morgan fingerprint density at radius 2 is 1.91 bits per heavy atom. The number of benzene rings is 2. The predicted molar refractivity (Wildman–Crippen MR) is 91.8 cm³/mol. The molecule has 1 amide bonds. The van der Waals surface area contributed by atoms with Crippen LogP contribution in [-0.2, 0) is 4.79 Å². The molecule has 0 heterocycles. The summed E-state index contributed by atoms with van der Waals surface area (Å²) in [6.07, 6.45) is 0. The summed E-state index contributed by atoms with van der Waals surface area (Å²) >= 11 is 0. The van der Waals surface area contributed by atoms with Crippen LogP contribution in [0, 0.1) is 0 Å². The lowest BCUT2D eigenvalue weighted by Gasteiger charge is -2.19. The molecule has 0 saturated carbocycles. The van der Waals surface area contributed by atoms with Crippen molar-refractivity contribution < 1.29 is 14.6 Å². The minimum Gasteiger partial charge on any atom is -0.494 e. The lowest BCUT2D eigenvalue weighted by molar-refractivity contribution is -0.118. The van der Waals surface area contributed by atoms with E-state index in [4.69, 9.17) is 9.84 Å². The number of carbonyl (C=O) groups is 1. The van der Waals surface area contributed by atoms with E-state index < -0.39 is 12.5 Å². The standard InChI is InChI=1S/C18H22N2O3/c1-3-23-17-10-5-4-9-16(17)13(2)19-14-7-6-8-15(11-14)20-18(22)12-21/h4-11,13,19,21H,3,12H2,1-2H3,(H,20,22). The summed E-state index contributed by atoms with van der Waals surface area (Å²) in [6.45, 7) is 4.10. The monoisotopic (exact) mass is 314 g/mol. The van der Waals surface area contributed by atoms with Crippen LogP contribution in [0.1, 0.15) is 25.5 Å². The third kappa shape index (κ3) is 4.72. The van der Waals surface area contributed by atoms with E-state index in [0.29, 0.717) is 12.3 Å². The quantitative estimate of drug-likeness (QED) is 0.734. The van der Waals surface area contributed by atoms with Crippen LogP contribution < -0.4 is 15.4 Å². The number of anilines is 2. The molecule has 1 unspecified atom stereocenters. The van der Waals surface area contributed by atoms with E-state index in [0.717, 1.165) is 17.0 Å². The van der Waals surface area contributed by atoms with E-state index in [2.05, 4.69) is 17.6 Å². The van der Waals surface area contributed by atoms with Gasteiger partial charge in [-0.1, -0.05) is 24.3 Å². The molecule has 0 bridgehead atoms. The molecular formula is C18H22N2O3. The zero-order chi connectivity index (χ0) is 16.7. The predicted octanol–water partition coefficient (Wildman–Crippen LogP) is 3.19. The van der Waals surface area contributed by atoms with Crippen molar-refractivity contribution in [1.29, 1.82) is 0 Å². The van der Waals surface area contributed by atoms with Crippen LogP contribution in [0.4, 0.5) is 11.4 Å². The second-order valence-corrected chi connectivity index (χ2v) is 5.12. The summed E-state index contributed by atoms with van der Waals surface area (Å²) < 4.78 is 5.66. The first-order chi connectivity index (χ1) is 11.1. The van der Waals surface area contributed by atoms with Gasteiger partial charge in [0.1, 0.15) is 12.4 Å². The fourth-order valence-electron chi connectivity index (χ4n) is 2.34. The fraction of sp³-hybridized carbons (Fsp3) is 0.278. The highest BCUT2D eigenvalue weighted by atomic mass is 16.5. The number of para-hydroxylation sites is 1. The maximum Gasteiger partial charge on any atom is 0.250 e. The summed E-state index contributed by atoms with van der Waals surface area (Å²) in [5, 5.41) is 14.8. The average molecular weight is 314 g/mol. The maximum absolute atomic E-state index is 11.3. The van der Waals surface area contributed by atoms with Gasteiger partial charge in [0.2, 0.25) is 5.91 Å². The molecule has 0 radical (unpaired) electrons. The fourth-order valence-corrected chi connectivity index (χ4v) is 2.34. The van der Waals surface area contributed by atoms with Crippen molar-refractivity contribution in [3.05, 3.63) is 54.1 Å². The molecule has 2 aromatic rings. The largest absolute Gasteiger partial charge is 0.494 e. The Balaban J connectivity index is 2.12. The van der Waals surface area contributed by atoms with Crippen molar-refractivity contribution >= 4 is 17.3 Å². The minimum absolute atomic E-state index is 0.0431. The van der Waals surface area contributed by atoms with E-state index >= 15 is 0 Å².